The first-order valence-electron chi connectivity index (χ1n) is 7.52. The molecule has 0 saturated carbocycles. The lowest BCUT2D eigenvalue weighted by molar-refractivity contribution is -0.153. The van der Waals surface area contributed by atoms with Gasteiger partial charge in [0.15, 0.2) is 6.29 Å². The van der Waals surface area contributed by atoms with Gasteiger partial charge in [-0.15, -0.1) is 0 Å². The molecule has 1 aromatic rings. The van der Waals surface area contributed by atoms with E-state index < -0.39 is 0 Å². The Morgan fingerprint density at radius 1 is 1.19 bits per heavy atom. The Morgan fingerprint density at radius 3 is 2.38 bits per heavy atom. The van der Waals surface area contributed by atoms with Gasteiger partial charge in [-0.3, -0.25) is 0 Å². The normalized spacial score (nSPS) is 12.9. The van der Waals surface area contributed by atoms with Gasteiger partial charge >= 0.3 is 0 Å². The molecule has 120 valence electrons. The molecular weight excluding hydrogens is 293 g/mol. The predicted octanol–water partition coefficient (Wildman–Crippen LogP) is 3.79. The minimum atomic E-state index is -0.387. The summed E-state index contributed by atoms with van der Waals surface area (Å²) >= 11 is 5.79. The maximum absolute atomic E-state index is 14.0. The Balaban J connectivity index is 2.84. The third-order valence-electron chi connectivity index (χ3n) is 3.10. The molecule has 0 aliphatic rings. The van der Waals surface area contributed by atoms with E-state index in [1.165, 1.54) is 6.07 Å². The number of rotatable bonds is 10. The van der Waals surface area contributed by atoms with Crippen molar-refractivity contribution in [1.29, 1.82) is 0 Å². The van der Waals surface area contributed by atoms with E-state index in [2.05, 4.69) is 12.2 Å². The van der Waals surface area contributed by atoms with Crippen molar-refractivity contribution in [3.63, 3.8) is 0 Å². The maximum atomic E-state index is 14.0. The highest BCUT2D eigenvalue weighted by atomic mass is 35.5. The summed E-state index contributed by atoms with van der Waals surface area (Å²) in [4.78, 5) is 0. The molecule has 1 rings (SSSR count). The average molecular weight is 318 g/mol. The molecule has 1 aromatic carbocycles. The van der Waals surface area contributed by atoms with Gasteiger partial charge in [0.1, 0.15) is 5.82 Å². The fourth-order valence-electron chi connectivity index (χ4n) is 2.13. The van der Waals surface area contributed by atoms with Crippen LogP contribution in [0.1, 0.15) is 32.8 Å². The minimum absolute atomic E-state index is 0.0967. The second-order valence-electron chi connectivity index (χ2n) is 4.78. The van der Waals surface area contributed by atoms with Crippen LogP contribution < -0.4 is 5.32 Å². The van der Waals surface area contributed by atoms with Crippen LogP contribution in [0.5, 0.6) is 0 Å². The number of hydrogen-bond acceptors (Lipinski definition) is 3. The van der Waals surface area contributed by atoms with Gasteiger partial charge in [-0.1, -0.05) is 24.6 Å². The first-order chi connectivity index (χ1) is 10.1. The lowest BCUT2D eigenvalue weighted by atomic mass is 10.0. The minimum Gasteiger partial charge on any atom is -0.351 e. The summed E-state index contributed by atoms with van der Waals surface area (Å²) in [6, 6.07) is 4.66. The van der Waals surface area contributed by atoms with Gasteiger partial charge in [0.25, 0.3) is 0 Å². The molecule has 0 aliphatic carbocycles. The summed E-state index contributed by atoms with van der Waals surface area (Å²) in [6.45, 7) is 7.87. The van der Waals surface area contributed by atoms with Gasteiger partial charge in [-0.25, -0.2) is 4.39 Å². The Labute approximate surface area is 131 Å². The third-order valence-corrected chi connectivity index (χ3v) is 3.34. The van der Waals surface area contributed by atoms with E-state index >= 15 is 0 Å². The summed E-state index contributed by atoms with van der Waals surface area (Å²) in [5.74, 6) is -0.294. The quantitative estimate of drug-likeness (QED) is 0.666. The van der Waals surface area contributed by atoms with Gasteiger partial charge < -0.3 is 14.8 Å². The first kappa shape index (κ1) is 18.4. The van der Waals surface area contributed by atoms with Gasteiger partial charge in [0.05, 0.1) is 6.04 Å². The zero-order chi connectivity index (χ0) is 15.7. The highest BCUT2D eigenvalue weighted by Gasteiger charge is 2.23. The molecule has 0 radical (unpaired) electrons. The van der Waals surface area contributed by atoms with E-state index in [9.17, 15) is 4.39 Å². The largest absolute Gasteiger partial charge is 0.351 e. The summed E-state index contributed by atoms with van der Waals surface area (Å²) in [7, 11) is 0. The molecule has 0 aromatic heterocycles. The monoisotopic (exact) mass is 317 g/mol. The van der Waals surface area contributed by atoms with Crippen molar-refractivity contribution in [2.45, 2.75) is 45.9 Å². The van der Waals surface area contributed by atoms with Crippen molar-refractivity contribution in [3.05, 3.63) is 34.6 Å². The average Bonchev–Trinajstić information content (AvgIpc) is 2.45. The molecule has 1 N–H and O–H groups in total. The van der Waals surface area contributed by atoms with E-state index in [1.54, 1.807) is 12.1 Å². The molecule has 5 heteroatoms. The first-order valence-corrected chi connectivity index (χ1v) is 7.90. The van der Waals surface area contributed by atoms with E-state index in [0.29, 0.717) is 30.2 Å². The molecule has 0 amide bonds. The van der Waals surface area contributed by atoms with Crippen LogP contribution in [0, 0.1) is 5.82 Å². The molecule has 0 bridgehead atoms. The van der Waals surface area contributed by atoms with Crippen LogP contribution in [0.3, 0.4) is 0 Å². The van der Waals surface area contributed by atoms with Crippen molar-refractivity contribution in [3.8, 4) is 0 Å². The molecule has 0 saturated heterocycles. The maximum Gasteiger partial charge on any atom is 0.172 e. The number of nitrogens with one attached hydrogen (secondary N) is 1. The molecule has 21 heavy (non-hydrogen) atoms. The molecule has 0 fully saturated rings. The van der Waals surface area contributed by atoms with Crippen LogP contribution >= 0.6 is 11.6 Å². The summed E-state index contributed by atoms with van der Waals surface area (Å²) in [5.41, 5.74) is 0.609. The van der Waals surface area contributed by atoms with Gasteiger partial charge in [-0.2, -0.15) is 0 Å². The smallest absolute Gasteiger partial charge is 0.172 e. The summed E-state index contributed by atoms with van der Waals surface area (Å²) < 4.78 is 25.3. The predicted molar refractivity (Wildman–Crippen MR) is 84.2 cm³/mol. The number of halogens is 2. The van der Waals surface area contributed by atoms with Gasteiger partial charge in [0, 0.05) is 18.2 Å². The molecular formula is C16H25ClFNO2. The number of benzene rings is 1. The zero-order valence-electron chi connectivity index (χ0n) is 13.0. The molecule has 0 spiro atoms. The van der Waals surface area contributed by atoms with Crippen molar-refractivity contribution in [1.82, 2.24) is 5.32 Å². The van der Waals surface area contributed by atoms with Crippen LogP contribution in [-0.2, 0) is 15.9 Å². The highest BCUT2D eigenvalue weighted by molar-refractivity contribution is 6.30. The molecule has 0 heterocycles. The summed E-state index contributed by atoms with van der Waals surface area (Å²) in [5, 5.41) is 3.78. The summed E-state index contributed by atoms with van der Waals surface area (Å²) in [6.07, 6.45) is 1.10. The Bertz CT molecular complexity index is 411. The van der Waals surface area contributed by atoms with Gasteiger partial charge in [-0.05, 0) is 50.9 Å². The van der Waals surface area contributed by atoms with Crippen LogP contribution in [0.4, 0.5) is 4.39 Å². The topological polar surface area (TPSA) is 30.5 Å². The van der Waals surface area contributed by atoms with E-state index in [-0.39, 0.29) is 18.1 Å². The van der Waals surface area contributed by atoms with E-state index in [4.69, 9.17) is 21.1 Å². The number of ether oxygens (including phenoxy) is 2. The van der Waals surface area contributed by atoms with Crippen LogP contribution in [0.25, 0.3) is 0 Å². The van der Waals surface area contributed by atoms with Crippen molar-refractivity contribution < 1.29 is 13.9 Å². The molecule has 0 aliphatic heterocycles. The van der Waals surface area contributed by atoms with Crippen molar-refractivity contribution >= 4 is 11.6 Å². The highest BCUT2D eigenvalue weighted by Crippen LogP contribution is 2.18. The Morgan fingerprint density at radius 2 is 1.86 bits per heavy atom. The van der Waals surface area contributed by atoms with Crippen LogP contribution in [-0.4, -0.2) is 32.1 Å². The Hall–Kier alpha value is -0.680. The Kier molecular flexibility index (Phi) is 8.85. The van der Waals surface area contributed by atoms with Crippen molar-refractivity contribution in [2.75, 3.05) is 19.8 Å². The second kappa shape index (κ2) is 10.1. The van der Waals surface area contributed by atoms with Crippen LogP contribution in [0.15, 0.2) is 18.2 Å². The molecule has 1 atom stereocenters. The lowest BCUT2D eigenvalue weighted by Crippen LogP contribution is -2.45. The van der Waals surface area contributed by atoms with Gasteiger partial charge in [0.2, 0.25) is 0 Å². The molecule has 3 nitrogen and oxygen atoms in total. The lowest BCUT2D eigenvalue weighted by Gasteiger charge is -2.28. The fourth-order valence-corrected chi connectivity index (χ4v) is 2.29. The number of hydrogen-bond donors (Lipinski definition) is 1. The zero-order valence-corrected chi connectivity index (χ0v) is 13.8. The van der Waals surface area contributed by atoms with Crippen molar-refractivity contribution in [2.24, 2.45) is 0 Å². The SMILES string of the molecule is CCCNC(Cc1ccc(Cl)cc1F)C(OCC)OCC. The second-order valence-corrected chi connectivity index (χ2v) is 5.22. The molecule has 1 unspecified atom stereocenters. The standard InChI is InChI=1S/C16H25ClFNO2/c1-4-9-19-15(16(20-5-2)21-6-3)10-12-7-8-13(17)11-14(12)18/h7-8,11,15-16,19H,4-6,9-10H2,1-3H3. The van der Waals surface area contributed by atoms with Crippen LogP contribution in [0.2, 0.25) is 5.02 Å². The van der Waals surface area contributed by atoms with E-state index in [1.807, 2.05) is 13.8 Å². The fraction of sp³-hybridized carbons (Fsp3) is 0.625. The van der Waals surface area contributed by atoms with E-state index in [0.717, 1.165) is 13.0 Å². The third kappa shape index (κ3) is 6.30.